The van der Waals surface area contributed by atoms with Gasteiger partial charge >= 0.3 is 0 Å². The molecule has 2 rings (SSSR count). The molecule has 0 aromatic heterocycles. The first-order valence-corrected chi connectivity index (χ1v) is 4.63. The SMILES string of the molecule is C[C@@H](O)[C@H]1C(=O)N[C@@H]1C(=O)C1CC1. The number of Topliss-reactive ketones (excluding diaryl/α,β-unsaturated/α-hetero) is 1. The molecule has 0 spiro atoms. The Balaban J connectivity index is 2.00. The van der Waals surface area contributed by atoms with Gasteiger partial charge in [-0.3, -0.25) is 9.59 Å². The summed E-state index contributed by atoms with van der Waals surface area (Å²) in [5.74, 6) is -0.459. The van der Waals surface area contributed by atoms with Crippen molar-refractivity contribution < 1.29 is 14.7 Å². The molecule has 1 heterocycles. The molecule has 2 fully saturated rings. The number of nitrogens with one attached hydrogen (secondary N) is 1. The van der Waals surface area contributed by atoms with Crippen LogP contribution in [0.25, 0.3) is 0 Å². The molecule has 0 unspecified atom stereocenters. The lowest BCUT2D eigenvalue weighted by Crippen LogP contribution is -2.65. The summed E-state index contributed by atoms with van der Waals surface area (Å²) in [7, 11) is 0. The van der Waals surface area contributed by atoms with Gasteiger partial charge in [-0.2, -0.15) is 0 Å². The van der Waals surface area contributed by atoms with E-state index in [4.69, 9.17) is 0 Å². The fraction of sp³-hybridized carbons (Fsp3) is 0.778. The van der Waals surface area contributed by atoms with Crippen LogP contribution >= 0.6 is 0 Å². The highest BCUT2D eigenvalue weighted by Crippen LogP contribution is 2.34. The number of rotatable bonds is 3. The van der Waals surface area contributed by atoms with Crippen LogP contribution in [-0.4, -0.2) is 28.9 Å². The molecule has 3 atom stereocenters. The summed E-state index contributed by atoms with van der Waals surface area (Å²) in [5.41, 5.74) is 0. The Morgan fingerprint density at radius 3 is 2.62 bits per heavy atom. The van der Waals surface area contributed by atoms with Crippen LogP contribution < -0.4 is 5.32 Å². The summed E-state index contributed by atoms with van der Waals surface area (Å²) in [5, 5.41) is 11.8. The van der Waals surface area contributed by atoms with Crippen molar-refractivity contribution in [3.05, 3.63) is 0 Å². The molecule has 0 radical (unpaired) electrons. The van der Waals surface area contributed by atoms with Crippen molar-refractivity contribution in [3.8, 4) is 0 Å². The van der Waals surface area contributed by atoms with Gasteiger partial charge < -0.3 is 10.4 Å². The Morgan fingerprint density at radius 2 is 2.23 bits per heavy atom. The van der Waals surface area contributed by atoms with Gasteiger partial charge in [0.05, 0.1) is 12.0 Å². The maximum absolute atomic E-state index is 11.5. The molecule has 13 heavy (non-hydrogen) atoms. The second kappa shape index (κ2) is 2.80. The molecule has 1 amide bonds. The van der Waals surface area contributed by atoms with Crippen molar-refractivity contribution in [1.82, 2.24) is 5.32 Å². The van der Waals surface area contributed by atoms with Gasteiger partial charge in [0.25, 0.3) is 0 Å². The van der Waals surface area contributed by atoms with Crippen LogP contribution in [0.15, 0.2) is 0 Å². The van der Waals surface area contributed by atoms with E-state index in [9.17, 15) is 14.7 Å². The molecule has 0 aromatic carbocycles. The molecule has 72 valence electrons. The van der Waals surface area contributed by atoms with Crippen LogP contribution in [0.5, 0.6) is 0 Å². The summed E-state index contributed by atoms with van der Waals surface area (Å²) in [6, 6.07) is -0.417. The highest BCUT2D eigenvalue weighted by Gasteiger charge is 2.50. The van der Waals surface area contributed by atoms with E-state index in [1.165, 1.54) is 0 Å². The van der Waals surface area contributed by atoms with Crippen molar-refractivity contribution in [3.63, 3.8) is 0 Å². The number of carbonyl (C=O) groups excluding carboxylic acids is 2. The standard InChI is InChI=1S/C9H13NO3/c1-4(11)6-7(10-9(6)13)8(12)5-2-3-5/h4-7,11H,2-3H2,1H3,(H,10,13)/t4-,6-,7+/m1/s1. The van der Waals surface area contributed by atoms with Crippen molar-refractivity contribution in [2.24, 2.45) is 11.8 Å². The lowest BCUT2D eigenvalue weighted by Gasteiger charge is -2.37. The van der Waals surface area contributed by atoms with Gasteiger partial charge in [0.1, 0.15) is 6.04 Å². The van der Waals surface area contributed by atoms with E-state index in [2.05, 4.69) is 5.32 Å². The minimum atomic E-state index is -0.721. The Bertz CT molecular complexity index is 258. The Labute approximate surface area is 76.3 Å². The second-order valence-corrected chi connectivity index (χ2v) is 3.93. The summed E-state index contributed by atoms with van der Waals surface area (Å²) in [6.07, 6.45) is 1.16. The van der Waals surface area contributed by atoms with E-state index in [-0.39, 0.29) is 17.6 Å². The molecule has 0 aromatic rings. The van der Waals surface area contributed by atoms with Crippen LogP contribution in [-0.2, 0) is 9.59 Å². The molecular weight excluding hydrogens is 170 g/mol. The lowest BCUT2D eigenvalue weighted by atomic mass is 9.82. The van der Waals surface area contributed by atoms with Gasteiger partial charge in [-0.25, -0.2) is 0 Å². The molecule has 1 aliphatic heterocycles. The first kappa shape index (κ1) is 8.69. The van der Waals surface area contributed by atoms with Crippen molar-refractivity contribution in [2.75, 3.05) is 0 Å². The lowest BCUT2D eigenvalue weighted by molar-refractivity contribution is -0.148. The summed E-state index contributed by atoms with van der Waals surface area (Å²) >= 11 is 0. The molecule has 1 aliphatic carbocycles. The first-order valence-electron chi connectivity index (χ1n) is 4.63. The predicted molar refractivity (Wildman–Crippen MR) is 44.8 cm³/mol. The minimum absolute atomic E-state index is 0.102. The van der Waals surface area contributed by atoms with Gasteiger partial charge in [-0.05, 0) is 19.8 Å². The van der Waals surface area contributed by atoms with E-state index < -0.39 is 18.1 Å². The van der Waals surface area contributed by atoms with Gasteiger partial charge in [0.15, 0.2) is 5.78 Å². The Hall–Kier alpha value is -0.900. The van der Waals surface area contributed by atoms with Crippen molar-refractivity contribution >= 4 is 11.7 Å². The van der Waals surface area contributed by atoms with Crippen LogP contribution in [0.2, 0.25) is 0 Å². The number of amides is 1. The summed E-state index contributed by atoms with van der Waals surface area (Å²) in [6.45, 7) is 1.55. The third-order valence-electron chi connectivity index (χ3n) is 2.77. The smallest absolute Gasteiger partial charge is 0.228 e. The fourth-order valence-corrected chi connectivity index (χ4v) is 1.76. The third-order valence-corrected chi connectivity index (χ3v) is 2.77. The van der Waals surface area contributed by atoms with E-state index in [0.29, 0.717) is 0 Å². The average Bonchev–Trinajstić information content (AvgIpc) is 2.79. The van der Waals surface area contributed by atoms with Gasteiger partial charge in [-0.15, -0.1) is 0 Å². The first-order chi connectivity index (χ1) is 6.11. The largest absolute Gasteiger partial charge is 0.392 e. The van der Waals surface area contributed by atoms with Crippen LogP contribution in [0, 0.1) is 11.8 Å². The van der Waals surface area contributed by atoms with Crippen LogP contribution in [0.3, 0.4) is 0 Å². The monoisotopic (exact) mass is 183 g/mol. The number of carbonyl (C=O) groups is 2. The number of aliphatic hydroxyl groups excluding tert-OH is 1. The minimum Gasteiger partial charge on any atom is -0.392 e. The molecular formula is C9H13NO3. The number of ketones is 1. The second-order valence-electron chi connectivity index (χ2n) is 3.93. The Morgan fingerprint density at radius 1 is 1.62 bits per heavy atom. The van der Waals surface area contributed by atoms with E-state index >= 15 is 0 Å². The normalized spacial score (nSPS) is 34.8. The predicted octanol–water partition coefficient (Wildman–Crippen LogP) is -0.539. The van der Waals surface area contributed by atoms with Crippen molar-refractivity contribution in [2.45, 2.75) is 31.9 Å². The van der Waals surface area contributed by atoms with E-state index in [1.54, 1.807) is 6.92 Å². The number of β-lactam (4-membered cyclic amide) rings is 1. The summed E-state index contributed by atoms with van der Waals surface area (Å²) in [4.78, 5) is 22.5. The molecule has 2 N–H and O–H groups in total. The van der Waals surface area contributed by atoms with Gasteiger partial charge in [-0.1, -0.05) is 0 Å². The van der Waals surface area contributed by atoms with Crippen LogP contribution in [0.4, 0.5) is 0 Å². The third kappa shape index (κ3) is 1.35. The molecule has 4 nitrogen and oxygen atoms in total. The maximum Gasteiger partial charge on any atom is 0.228 e. The van der Waals surface area contributed by atoms with Gasteiger partial charge in [0.2, 0.25) is 5.91 Å². The fourth-order valence-electron chi connectivity index (χ4n) is 1.76. The van der Waals surface area contributed by atoms with Crippen LogP contribution in [0.1, 0.15) is 19.8 Å². The zero-order valence-corrected chi connectivity index (χ0v) is 7.49. The number of aliphatic hydroxyl groups is 1. The zero-order valence-electron chi connectivity index (χ0n) is 7.49. The topological polar surface area (TPSA) is 66.4 Å². The molecule has 1 saturated heterocycles. The molecule has 4 heteroatoms. The highest BCUT2D eigenvalue weighted by molar-refractivity contribution is 6.02. The number of hydrogen-bond donors (Lipinski definition) is 2. The maximum atomic E-state index is 11.5. The molecule has 0 bridgehead atoms. The van der Waals surface area contributed by atoms with E-state index in [0.717, 1.165) is 12.8 Å². The molecule has 2 aliphatic rings. The van der Waals surface area contributed by atoms with Gasteiger partial charge in [0, 0.05) is 5.92 Å². The molecule has 1 saturated carbocycles. The quantitative estimate of drug-likeness (QED) is 0.577. The highest BCUT2D eigenvalue weighted by atomic mass is 16.3. The van der Waals surface area contributed by atoms with E-state index in [1.807, 2.05) is 0 Å². The zero-order chi connectivity index (χ0) is 9.59. The summed E-state index contributed by atoms with van der Waals surface area (Å²) < 4.78 is 0. The Kier molecular flexibility index (Phi) is 1.87. The number of hydrogen-bond acceptors (Lipinski definition) is 3. The average molecular weight is 183 g/mol. The van der Waals surface area contributed by atoms with Crippen molar-refractivity contribution in [1.29, 1.82) is 0 Å².